The smallest absolute Gasteiger partial charge is 0.330 e. The maximum Gasteiger partial charge on any atom is 0.330 e. The number of aliphatic carboxylic acids is 1. The van der Waals surface area contributed by atoms with E-state index in [1.54, 1.807) is 17.8 Å². The van der Waals surface area contributed by atoms with Crippen molar-refractivity contribution in [2.24, 2.45) is 5.92 Å². The largest absolute Gasteiger partial charge is 0.480 e. The summed E-state index contributed by atoms with van der Waals surface area (Å²) in [6, 6.07) is -0.738. The van der Waals surface area contributed by atoms with E-state index < -0.39 is 18.0 Å². The zero-order chi connectivity index (χ0) is 15.6. The predicted octanol–water partition coefficient (Wildman–Crippen LogP) is 0.911. The Balaban J connectivity index is 2.02. The van der Waals surface area contributed by atoms with Crippen LogP contribution < -0.4 is 0 Å². The summed E-state index contributed by atoms with van der Waals surface area (Å²) in [5, 5.41) is 9.29. The van der Waals surface area contributed by atoms with Crippen LogP contribution >= 0.6 is 11.8 Å². The first-order valence-electron chi connectivity index (χ1n) is 6.92. The van der Waals surface area contributed by atoms with Gasteiger partial charge in [-0.15, -0.1) is 0 Å². The lowest BCUT2D eigenvalue weighted by Crippen LogP contribution is -2.61. The summed E-state index contributed by atoms with van der Waals surface area (Å²) in [6.07, 6.45) is 4.09. The molecular weight excluding hydrogens is 294 g/mol. The molecule has 6 nitrogen and oxygen atoms in total. The van der Waals surface area contributed by atoms with Crippen LogP contribution in [0.25, 0.3) is 0 Å². The molecule has 2 heterocycles. The number of nitrogens with zero attached hydrogens (tertiary/aromatic N) is 1. The van der Waals surface area contributed by atoms with Crippen LogP contribution in [-0.4, -0.2) is 58.0 Å². The Morgan fingerprint density at radius 1 is 1.52 bits per heavy atom. The van der Waals surface area contributed by atoms with Gasteiger partial charge in [-0.25, -0.2) is 9.59 Å². The average Bonchev–Trinajstić information content (AvgIpc) is 2.79. The van der Waals surface area contributed by atoms with Gasteiger partial charge in [0, 0.05) is 17.4 Å². The van der Waals surface area contributed by atoms with Crippen LogP contribution in [0.2, 0.25) is 0 Å². The number of allylic oxidation sites excluding steroid dienone is 1. The molecule has 0 aromatic carbocycles. The molecule has 2 aliphatic rings. The fourth-order valence-corrected chi connectivity index (χ4v) is 4.28. The molecule has 116 valence electrons. The summed E-state index contributed by atoms with van der Waals surface area (Å²) < 4.78 is 4.49. The van der Waals surface area contributed by atoms with E-state index >= 15 is 0 Å². The SMILES string of the molecule is CCSC1CC2C(CC=CC(=O)OC)C(=O)N2C1C(=O)O. The zero-order valence-electron chi connectivity index (χ0n) is 12.0. The van der Waals surface area contributed by atoms with Crippen molar-refractivity contribution in [1.29, 1.82) is 0 Å². The number of hydrogen-bond acceptors (Lipinski definition) is 5. The number of hydrogen-bond donors (Lipinski definition) is 1. The second kappa shape index (κ2) is 6.51. The molecule has 0 aromatic heterocycles. The van der Waals surface area contributed by atoms with Crippen LogP contribution in [0.5, 0.6) is 0 Å². The van der Waals surface area contributed by atoms with Gasteiger partial charge in [0.15, 0.2) is 0 Å². The van der Waals surface area contributed by atoms with Crippen molar-refractivity contribution in [3.8, 4) is 0 Å². The Kier molecular flexibility index (Phi) is 4.92. The van der Waals surface area contributed by atoms with Crippen LogP contribution in [0.4, 0.5) is 0 Å². The van der Waals surface area contributed by atoms with Gasteiger partial charge in [0.05, 0.1) is 13.0 Å². The standard InChI is InChI=1S/C14H19NO5S/c1-3-21-10-7-9-8(5-4-6-11(16)20-2)13(17)15(9)12(10)14(18)19/h4,6,8-10,12H,3,5,7H2,1-2H3,(H,18,19). The van der Waals surface area contributed by atoms with Crippen molar-refractivity contribution in [2.45, 2.75) is 37.1 Å². The Labute approximate surface area is 127 Å². The number of carboxylic acids is 1. The lowest BCUT2D eigenvalue weighted by atomic mass is 9.85. The summed E-state index contributed by atoms with van der Waals surface area (Å²) >= 11 is 1.59. The first-order chi connectivity index (χ1) is 10.0. The van der Waals surface area contributed by atoms with Crippen molar-refractivity contribution < 1.29 is 24.2 Å². The quantitative estimate of drug-likeness (QED) is 0.446. The Hall–Kier alpha value is -1.50. The third kappa shape index (κ3) is 2.92. The van der Waals surface area contributed by atoms with Gasteiger partial charge in [-0.2, -0.15) is 11.8 Å². The molecular formula is C14H19NO5S. The van der Waals surface area contributed by atoms with E-state index in [4.69, 9.17) is 0 Å². The topological polar surface area (TPSA) is 83.9 Å². The van der Waals surface area contributed by atoms with Crippen molar-refractivity contribution in [3.05, 3.63) is 12.2 Å². The van der Waals surface area contributed by atoms with Gasteiger partial charge in [0.1, 0.15) is 6.04 Å². The minimum atomic E-state index is -0.930. The van der Waals surface area contributed by atoms with Crippen molar-refractivity contribution in [2.75, 3.05) is 12.9 Å². The number of thioether (sulfide) groups is 1. The highest BCUT2D eigenvalue weighted by molar-refractivity contribution is 7.99. The van der Waals surface area contributed by atoms with Crippen LogP contribution in [0.1, 0.15) is 19.8 Å². The van der Waals surface area contributed by atoms with Crippen LogP contribution in [0.3, 0.4) is 0 Å². The first-order valence-corrected chi connectivity index (χ1v) is 7.97. The number of fused-ring (bicyclic) bond motifs is 1. The fraction of sp³-hybridized carbons (Fsp3) is 0.643. The van der Waals surface area contributed by atoms with Gasteiger partial charge in [0.2, 0.25) is 5.91 Å². The monoisotopic (exact) mass is 313 g/mol. The Morgan fingerprint density at radius 2 is 2.24 bits per heavy atom. The third-order valence-corrected chi connectivity index (χ3v) is 5.21. The highest BCUT2D eigenvalue weighted by Crippen LogP contribution is 2.45. The minimum absolute atomic E-state index is 0.0232. The van der Waals surface area contributed by atoms with E-state index in [-0.39, 0.29) is 23.1 Å². The van der Waals surface area contributed by atoms with E-state index in [2.05, 4.69) is 4.74 Å². The van der Waals surface area contributed by atoms with Crippen molar-refractivity contribution >= 4 is 29.6 Å². The highest BCUT2D eigenvalue weighted by Gasteiger charge is 2.59. The van der Waals surface area contributed by atoms with Crippen LogP contribution in [-0.2, 0) is 19.1 Å². The number of methoxy groups -OCH3 is 1. The number of esters is 1. The molecule has 4 atom stereocenters. The van der Waals surface area contributed by atoms with Gasteiger partial charge in [-0.3, -0.25) is 4.79 Å². The molecule has 0 aliphatic carbocycles. The summed E-state index contributed by atoms with van der Waals surface area (Å²) in [6.45, 7) is 1.98. The lowest BCUT2D eigenvalue weighted by molar-refractivity contribution is -0.163. The second-order valence-electron chi connectivity index (χ2n) is 5.09. The molecule has 1 N–H and O–H groups in total. The molecule has 2 fully saturated rings. The molecule has 4 unspecified atom stereocenters. The van der Waals surface area contributed by atoms with E-state index in [0.29, 0.717) is 12.8 Å². The third-order valence-electron chi connectivity index (χ3n) is 4.00. The van der Waals surface area contributed by atoms with Crippen LogP contribution in [0.15, 0.2) is 12.2 Å². The van der Waals surface area contributed by atoms with E-state index in [1.165, 1.54) is 18.1 Å². The molecule has 0 radical (unpaired) electrons. The van der Waals surface area contributed by atoms with Gasteiger partial charge in [-0.05, 0) is 18.6 Å². The van der Waals surface area contributed by atoms with Gasteiger partial charge in [0.25, 0.3) is 0 Å². The molecule has 2 saturated heterocycles. The fourth-order valence-electron chi connectivity index (χ4n) is 3.09. The Bertz CT molecular complexity index is 478. The predicted molar refractivity (Wildman–Crippen MR) is 77.9 cm³/mol. The number of rotatable bonds is 6. The van der Waals surface area contributed by atoms with Crippen molar-refractivity contribution in [3.63, 3.8) is 0 Å². The van der Waals surface area contributed by atoms with Crippen LogP contribution in [0, 0.1) is 5.92 Å². The number of carbonyl (C=O) groups excluding carboxylic acids is 2. The number of amides is 1. The molecule has 7 heteroatoms. The normalized spacial score (nSPS) is 31.1. The Morgan fingerprint density at radius 3 is 2.81 bits per heavy atom. The molecule has 0 spiro atoms. The molecule has 0 bridgehead atoms. The summed E-state index contributed by atoms with van der Waals surface area (Å²) in [5.41, 5.74) is 0. The first kappa shape index (κ1) is 15.9. The average molecular weight is 313 g/mol. The summed E-state index contributed by atoms with van der Waals surface area (Å²) in [4.78, 5) is 36.1. The molecule has 21 heavy (non-hydrogen) atoms. The number of β-lactam (4-membered cyclic amide) rings is 1. The van der Waals surface area contributed by atoms with E-state index in [1.807, 2.05) is 6.92 Å². The minimum Gasteiger partial charge on any atom is -0.480 e. The maximum atomic E-state index is 12.2. The van der Waals surface area contributed by atoms with E-state index in [0.717, 1.165) is 5.75 Å². The lowest BCUT2D eigenvalue weighted by Gasteiger charge is -2.44. The van der Waals surface area contributed by atoms with Crippen molar-refractivity contribution in [1.82, 2.24) is 4.90 Å². The van der Waals surface area contributed by atoms with Gasteiger partial charge < -0.3 is 14.7 Å². The van der Waals surface area contributed by atoms with Gasteiger partial charge in [-0.1, -0.05) is 13.0 Å². The summed E-state index contributed by atoms with van der Waals surface area (Å²) in [5.74, 6) is -0.889. The number of carboxylic acid groups (broad SMARTS) is 1. The molecule has 1 amide bonds. The molecule has 0 aromatic rings. The molecule has 2 aliphatic heterocycles. The van der Waals surface area contributed by atoms with E-state index in [9.17, 15) is 19.5 Å². The number of carbonyl (C=O) groups is 3. The molecule has 2 rings (SSSR count). The summed E-state index contributed by atoms with van der Waals surface area (Å²) in [7, 11) is 1.30. The zero-order valence-corrected chi connectivity index (χ0v) is 12.8. The second-order valence-corrected chi connectivity index (χ2v) is 6.61. The maximum absolute atomic E-state index is 12.2. The van der Waals surface area contributed by atoms with Gasteiger partial charge >= 0.3 is 11.9 Å². The highest BCUT2D eigenvalue weighted by atomic mass is 32.2. The number of ether oxygens (including phenoxy) is 1. The molecule has 0 saturated carbocycles.